The molecule has 0 aliphatic rings. The maximum absolute atomic E-state index is 12.4. The van der Waals surface area contributed by atoms with Crippen molar-refractivity contribution in [1.82, 2.24) is 4.72 Å². The van der Waals surface area contributed by atoms with E-state index in [0.717, 1.165) is 10.0 Å². The lowest BCUT2D eigenvalue weighted by molar-refractivity contribution is 0.580. The second kappa shape index (κ2) is 6.36. The molecule has 3 N–H and O–H groups in total. The van der Waals surface area contributed by atoms with Gasteiger partial charge < -0.3 is 5.73 Å². The summed E-state index contributed by atoms with van der Waals surface area (Å²) in [5, 5.41) is 0.294. The van der Waals surface area contributed by atoms with Crippen LogP contribution in [0, 0.1) is 6.92 Å². The van der Waals surface area contributed by atoms with Crippen molar-refractivity contribution in [3.63, 3.8) is 0 Å². The highest BCUT2D eigenvalue weighted by atomic mass is 79.9. The van der Waals surface area contributed by atoms with Gasteiger partial charge in [0.05, 0.1) is 4.90 Å². The van der Waals surface area contributed by atoms with Gasteiger partial charge in [-0.25, -0.2) is 13.1 Å². The maximum Gasteiger partial charge on any atom is 0.241 e. The third-order valence-corrected chi connectivity index (χ3v) is 5.31. The Labute approximate surface area is 137 Å². The molecule has 0 aliphatic carbocycles. The Kier molecular flexibility index (Phi) is 4.93. The number of rotatable bonds is 4. The smallest absolute Gasteiger partial charge is 0.241 e. The fourth-order valence-corrected chi connectivity index (χ4v) is 3.68. The zero-order chi connectivity index (χ0) is 15.6. The minimum absolute atomic E-state index is 0.101. The van der Waals surface area contributed by atoms with Crippen LogP contribution in [0.2, 0.25) is 5.02 Å². The van der Waals surface area contributed by atoms with Gasteiger partial charge in [0.1, 0.15) is 0 Å². The Morgan fingerprint density at radius 3 is 2.48 bits per heavy atom. The van der Waals surface area contributed by atoms with Gasteiger partial charge in [0.15, 0.2) is 0 Å². The van der Waals surface area contributed by atoms with E-state index >= 15 is 0 Å². The molecule has 0 unspecified atom stereocenters. The van der Waals surface area contributed by atoms with Crippen LogP contribution in [0.3, 0.4) is 0 Å². The Morgan fingerprint density at radius 2 is 1.86 bits per heavy atom. The summed E-state index contributed by atoms with van der Waals surface area (Å²) in [6, 6.07) is 10.3. The topological polar surface area (TPSA) is 72.2 Å². The van der Waals surface area contributed by atoms with Crippen molar-refractivity contribution in [2.75, 3.05) is 5.73 Å². The van der Waals surface area contributed by atoms with E-state index in [-0.39, 0.29) is 11.4 Å². The first-order chi connectivity index (χ1) is 9.79. The molecule has 112 valence electrons. The monoisotopic (exact) mass is 388 g/mol. The number of nitrogen functional groups attached to an aromatic ring is 1. The number of hydrogen-bond acceptors (Lipinski definition) is 3. The minimum Gasteiger partial charge on any atom is -0.398 e. The molecule has 2 rings (SSSR count). The third kappa shape index (κ3) is 3.97. The first kappa shape index (κ1) is 16.3. The molecule has 0 saturated carbocycles. The second-order valence-electron chi connectivity index (χ2n) is 4.57. The summed E-state index contributed by atoms with van der Waals surface area (Å²) in [5.74, 6) is 0. The van der Waals surface area contributed by atoms with Crippen LogP contribution in [0.4, 0.5) is 5.69 Å². The fraction of sp³-hybridized carbons (Fsp3) is 0.143. The van der Waals surface area contributed by atoms with Crippen LogP contribution in [-0.2, 0) is 16.6 Å². The van der Waals surface area contributed by atoms with Crippen LogP contribution in [0.1, 0.15) is 11.1 Å². The van der Waals surface area contributed by atoms with E-state index in [4.69, 9.17) is 17.3 Å². The predicted molar refractivity (Wildman–Crippen MR) is 88.8 cm³/mol. The normalized spacial score (nSPS) is 11.6. The fourth-order valence-electron chi connectivity index (χ4n) is 1.81. The molecule has 0 saturated heterocycles. The summed E-state index contributed by atoms with van der Waals surface area (Å²) >= 11 is 9.22. The van der Waals surface area contributed by atoms with Gasteiger partial charge in [0.25, 0.3) is 0 Å². The van der Waals surface area contributed by atoms with Crippen molar-refractivity contribution in [3.05, 3.63) is 57.0 Å². The van der Waals surface area contributed by atoms with Crippen LogP contribution < -0.4 is 10.5 Å². The zero-order valence-corrected chi connectivity index (χ0v) is 14.4. The van der Waals surface area contributed by atoms with Crippen LogP contribution in [-0.4, -0.2) is 8.42 Å². The molecule has 0 atom stereocenters. The lowest BCUT2D eigenvalue weighted by Gasteiger charge is -2.11. The number of sulfonamides is 1. The second-order valence-corrected chi connectivity index (χ2v) is 7.66. The maximum atomic E-state index is 12.4. The van der Waals surface area contributed by atoms with Crippen LogP contribution in [0.25, 0.3) is 0 Å². The van der Waals surface area contributed by atoms with Crippen molar-refractivity contribution in [3.8, 4) is 0 Å². The van der Waals surface area contributed by atoms with E-state index in [9.17, 15) is 8.42 Å². The van der Waals surface area contributed by atoms with E-state index in [2.05, 4.69) is 20.7 Å². The standard InChI is InChI=1S/C14H14BrClN2O2S/c1-9-13(17)6-12(16)7-14(9)21(19,20)18-8-10-2-4-11(15)5-3-10/h2-7,18H,8,17H2,1H3. The Bertz CT molecular complexity index is 761. The summed E-state index contributed by atoms with van der Waals surface area (Å²) in [5.41, 5.74) is 7.46. The lowest BCUT2D eigenvalue weighted by Crippen LogP contribution is -2.24. The quantitative estimate of drug-likeness (QED) is 0.786. The van der Waals surface area contributed by atoms with Crippen LogP contribution in [0.5, 0.6) is 0 Å². The molecule has 0 bridgehead atoms. The Hall–Kier alpha value is -1.08. The van der Waals surface area contributed by atoms with E-state index in [1.54, 1.807) is 6.92 Å². The molecular weight excluding hydrogens is 376 g/mol. The van der Waals surface area contributed by atoms with Gasteiger partial charge in [-0.3, -0.25) is 0 Å². The molecule has 0 fully saturated rings. The summed E-state index contributed by atoms with van der Waals surface area (Å²) in [7, 11) is -3.67. The number of halogens is 2. The summed E-state index contributed by atoms with van der Waals surface area (Å²) in [4.78, 5) is 0.101. The van der Waals surface area contributed by atoms with Crippen LogP contribution >= 0.6 is 27.5 Å². The molecule has 4 nitrogen and oxygen atoms in total. The van der Waals surface area contributed by atoms with E-state index in [1.807, 2.05) is 24.3 Å². The Morgan fingerprint density at radius 1 is 1.24 bits per heavy atom. The largest absolute Gasteiger partial charge is 0.398 e. The van der Waals surface area contributed by atoms with Crippen LogP contribution in [0.15, 0.2) is 45.8 Å². The summed E-state index contributed by atoms with van der Waals surface area (Å²) < 4.78 is 28.2. The Balaban J connectivity index is 2.25. The lowest BCUT2D eigenvalue weighted by atomic mass is 10.2. The molecule has 0 aromatic heterocycles. The van der Waals surface area contributed by atoms with Crippen molar-refractivity contribution in [2.24, 2.45) is 0 Å². The molecule has 7 heteroatoms. The summed E-state index contributed by atoms with van der Waals surface area (Å²) in [6.45, 7) is 1.85. The van der Waals surface area contributed by atoms with Crippen molar-refractivity contribution in [1.29, 1.82) is 0 Å². The number of nitrogens with two attached hydrogens (primary N) is 1. The molecule has 0 amide bonds. The van der Waals surface area contributed by atoms with E-state index < -0.39 is 10.0 Å². The molecule has 21 heavy (non-hydrogen) atoms. The average molecular weight is 390 g/mol. The van der Waals surface area contributed by atoms with E-state index in [1.165, 1.54) is 12.1 Å². The summed E-state index contributed by atoms with van der Waals surface area (Å²) in [6.07, 6.45) is 0. The van der Waals surface area contributed by atoms with Crippen molar-refractivity contribution < 1.29 is 8.42 Å². The van der Waals surface area contributed by atoms with Gasteiger partial charge in [-0.05, 0) is 42.3 Å². The van der Waals surface area contributed by atoms with Gasteiger partial charge in [-0.1, -0.05) is 39.7 Å². The SMILES string of the molecule is Cc1c(N)cc(Cl)cc1S(=O)(=O)NCc1ccc(Br)cc1. The number of hydrogen-bond donors (Lipinski definition) is 2. The highest BCUT2D eigenvalue weighted by molar-refractivity contribution is 9.10. The highest BCUT2D eigenvalue weighted by Crippen LogP contribution is 2.26. The number of nitrogens with one attached hydrogen (secondary N) is 1. The van der Waals surface area contributed by atoms with Crippen molar-refractivity contribution in [2.45, 2.75) is 18.4 Å². The van der Waals surface area contributed by atoms with Gasteiger partial charge in [0.2, 0.25) is 10.0 Å². The first-order valence-electron chi connectivity index (χ1n) is 6.09. The molecule has 0 aliphatic heterocycles. The third-order valence-electron chi connectivity index (χ3n) is 3.03. The van der Waals surface area contributed by atoms with Gasteiger partial charge in [-0.2, -0.15) is 0 Å². The van der Waals surface area contributed by atoms with Gasteiger partial charge >= 0.3 is 0 Å². The molecular formula is C14H14BrClN2O2S. The molecule has 0 spiro atoms. The van der Waals surface area contributed by atoms with Gasteiger partial charge in [0, 0.05) is 21.7 Å². The molecule has 0 radical (unpaired) electrons. The number of anilines is 1. The molecule has 0 heterocycles. The molecule has 2 aromatic rings. The average Bonchev–Trinajstić information content (AvgIpc) is 2.42. The minimum atomic E-state index is -3.67. The van der Waals surface area contributed by atoms with E-state index in [0.29, 0.717) is 16.3 Å². The number of benzene rings is 2. The van der Waals surface area contributed by atoms with Crippen molar-refractivity contribution >= 4 is 43.2 Å². The predicted octanol–water partition coefficient (Wildman–Crippen LogP) is 3.47. The first-order valence-corrected chi connectivity index (χ1v) is 8.75. The zero-order valence-electron chi connectivity index (χ0n) is 11.2. The van der Waals surface area contributed by atoms with Gasteiger partial charge in [-0.15, -0.1) is 0 Å². The highest BCUT2D eigenvalue weighted by Gasteiger charge is 2.18. The molecule has 2 aromatic carbocycles.